The third-order valence-electron chi connectivity index (χ3n) is 4.27. The molecule has 0 spiro atoms. The predicted molar refractivity (Wildman–Crippen MR) is 84.4 cm³/mol. The highest BCUT2D eigenvalue weighted by Gasteiger charge is 2.37. The van der Waals surface area contributed by atoms with Gasteiger partial charge >= 0.3 is 12.7 Å². The summed E-state index contributed by atoms with van der Waals surface area (Å²) in [5, 5.41) is 9.69. The van der Waals surface area contributed by atoms with Crippen molar-refractivity contribution in [1.82, 2.24) is 24.9 Å². The van der Waals surface area contributed by atoms with Crippen molar-refractivity contribution in [3.63, 3.8) is 0 Å². The molecule has 148 valence electrons. The van der Waals surface area contributed by atoms with Crippen LogP contribution in [0.3, 0.4) is 0 Å². The van der Waals surface area contributed by atoms with E-state index in [4.69, 9.17) is 0 Å². The van der Waals surface area contributed by atoms with E-state index in [9.17, 15) is 26.7 Å². The monoisotopic (exact) mass is 391 g/mol. The Morgan fingerprint density at radius 1 is 1.30 bits per heavy atom. The zero-order chi connectivity index (χ0) is 19.8. The lowest BCUT2D eigenvalue weighted by Gasteiger charge is -2.07. The first-order valence-corrected chi connectivity index (χ1v) is 8.44. The lowest BCUT2D eigenvalue weighted by molar-refractivity contribution is -0.141. The first-order chi connectivity index (χ1) is 12.7. The van der Waals surface area contributed by atoms with E-state index in [1.807, 2.05) is 0 Å². The van der Waals surface area contributed by atoms with Crippen LogP contribution in [-0.4, -0.2) is 32.0 Å². The zero-order valence-corrected chi connectivity index (χ0v) is 14.4. The van der Waals surface area contributed by atoms with Crippen LogP contribution in [0, 0.1) is 6.92 Å². The number of carbonyl (C=O) groups excluding carboxylic acids is 1. The van der Waals surface area contributed by atoms with Gasteiger partial charge in [-0.15, -0.1) is 0 Å². The maximum absolute atomic E-state index is 12.8. The first-order valence-electron chi connectivity index (χ1n) is 8.44. The summed E-state index contributed by atoms with van der Waals surface area (Å²) in [5.74, 6) is -0.513. The minimum Gasteiger partial charge on any atom is -0.351 e. The predicted octanol–water partition coefficient (Wildman–Crippen LogP) is 3.50. The van der Waals surface area contributed by atoms with Gasteiger partial charge in [0.25, 0.3) is 5.91 Å². The molecule has 0 atom stereocenters. The van der Waals surface area contributed by atoms with Crippen LogP contribution >= 0.6 is 0 Å². The van der Waals surface area contributed by atoms with Gasteiger partial charge in [0.2, 0.25) is 0 Å². The van der Waals surface area contributed by atoms with E-state index in [-0.39, 0.29) is 30.4 Å². The molecular formula is C16H18F5N5O. The third-order valence-corrected chi connectivity index (χ3v) is 4.27. The Kier molecular flexibility index (Phi) is 5.20. The number of aromatic nitrogens is 4. The van der Waals surface area contributed by atoms with Gasteiger partial charge in [-0.2, -0.15) is 32.1 Å². The van der Waals surface area contributed by atoms with Crippen LogP contribution in [0.15, 0.2) is 12.1 Å². The Bertz CT molecular complexity index is 822. The van der Waals surface area contributed by atoms with E-state index < -0.39 is 24.3 Å². The summed E-state index contributed by atoms with van der Waals surface area (Å²) >= 11 is 0. The molecule has 11 heteroatoms. The average Bonchev–Trinajstić information content (AvgIpc) is 3.19. The van der Waals surface area contributed by atoms with Gasteiger partial charge in [0.05, 0.1) is 0 Å². The fourth-order valence-corrected chi connectivity index (χ4v) is 2.77. The Balaban J connectivity index is 1.55. The molecule has 0 aromatic carbocycles. The van der Waals surface area contributed by atoms with Crippen molar-refractivity contribution < 1.29 is 26.7 Å². The van der Waals surface area contributed by atoms with Crippen LogP contribution < -0.4 is 5.32 Å². The number of hydrogen-bond acceptors (Lipinski definition) is 3. The van der Waals surface area contributed by atoms with Crippen molar-refractivity contribution >= 4 is 5.91 Å². The third kappa shape index (κ3) is 4.45. The van der Waals surface area contributed by atoms with Crippen LogP contribution in [0.5, 0.6) is 0 Å². The largest absolute Gasteiger partial charge is 0.435 e. The molecule has 1 amide bonds. The summed E-state index contributed by atoms with van der Waals surface area (Å²) in [5.41, 5.74) is -0.341. The summed E-state index contributed by atoms with van der Waals surface area (Å²) < 4.78 is 65.7. The molecule has 2 heterocycles. The molecule has 2 aromatic rings. The maximum Gasteiger partial charge on any atom is 0.435 e. The molecule has 0 saturated heterocycles. The lowest BCUT2D eigenvalue weighted by Crippen LogP contribution is -2.26. The number of rotatable bonds is 7. The molecule has 0 bridgehead atoms. The van der Waals surface area contributed by atoms with Crippen molar-refractivity contribution in [1.29, 1.82) is 0 Å². The Morgan fingerprint density at radius 2 is 2.00 bits per heavy atom. The van der Waals surface area contributed by atoms with Gasteiger partial charge in [-0.25, -0.2) is 4.68 Å². The number of amides is 1. The highest BCUT2D eigenvalue weighted by molar-refractivity contribution is 5.92. The molecule has 0 unspecified atom stereocenters. The van der Waals surface area contributed by atoms with E-state index in [0.29, 0.717) is 16.8 Å². The molecule has 1 saturated carbocycles. The first kappa shape index (κ1) is 19.3. The molecule has 6 nitrogen and oxygen atoms in total. The van der Waals surface area contributed by atoms with Gasteiger partial charge in [-0.3, -0.25) is 9.48 Å². The smallest absolute Gasteiger partial charge is 0.351 e. The fourth-order valence-electron chi connectivity index (χ4n) is 2.77. The standard InChI is InChI=1S/C16H18F5N5O/c1-9-7-11(23-26(9)15(17)18)14(27)22-5-2-6-25-12(10-3-4-10)8-13(24-25)16(19,20)21/h7-8,10,15H,2-6H2,1H3,(H,22,27). The summed E-state index contributed by atoms with van der Waals surface area (Å²) in [6.07, 6.45) is -2.47. The van der Waals surface area contributed by atoms with Gasteiger partial charge in [0.1, 0.15) is 0 Å². The maximum atomic E-state index is 12.8. The zero-order valence-electron chi connectivity index (χ0n) is 14.4. The van der Waals surface area contributed by atoms with Crippen LogP contribution in [-0.2, 0) is 12.7 Å². The molecule has 3 rings (SSSR count). The second-order valence-electron chi connectivity index (χ2n) is 6.45. The summed E-state index contributed by atoms with van der Waals surface area (Å²) in [7, 11) is 0. The van der Waals surface area contributed by atoms with Gasteiger partial charge in [0, 0.05) is 30.4 Å². The topological polar surface area (TPSA) is 64.7 Å². The van der Waals surface area contributed by atoms with Crippen molar-refractivity contribution in [2.45, 2.75) is 51.4 Å². The quantitative estimate of drug-likeness (QED) is 0.580. The van der Waals surface area contributed by atoms with Gasteiger partial charge < -0.3 is 5.32 Å². The SMILES string of the molecule is Cc1cc(C(=O)NCCCn2nc(C(F)(F)F)cc2C2CC2)nn1C(F)F. The second kappa shape index (κ2) is 7.28. The summed E-state index contributed by atoms with van der Waals surface area (Å²) in [4.78, 5) is 12.0. The van der Waals surface area contributed by atoms with E-state index >= 15 is 0 Å². The Hall–Kier alpha value is -2.46. The molecule has 0 radical (unpaired) electrons. The van der Waals surface area contributed by atoms with Gasteiger partial charge in [0.15, 0.2) is 11.4 Å². The number of carbonyl (C=O) groups is 1. The molecule has 1 N–H and O–H groups in total. The van der Waals surface area contributed by atoms with Gasteiger partial charge in [-0.05, 0) is 38.3 Å². The van der Waals surface area contributed by atoms with Crippen molar-refractivity contribution in [3.05, 3.63) is 34.9 Å². The Labute approximate surface area is 151 Å². The minimum absolute atomic E-state index is 0.101. The van der Waals surface area contributed by atoms with Crippen LogP contribution in [0.1, 0.15) is 59.3 Å². The average molecular weight is 391 g/mol. The molecule has 1 fully saturated rings. The number of alkyl halides is 5. The van der Waals surface area contributed by atoms with E-state index in [0.717, 1.165) is 18.9 Å². The van der Waals surface area contributed by atoms with E-state index in [1.165, 1.54) is 17.7 Å². The number of nitrogens with zero attached hydrogens (tertiary/aromatic N) is 4. The summed E-state index contributed by atoms with van der Waals surface area (Å²) in [6.45, 7) is -1.06. The number of hydrogen-bond donors (Lipinski definition) is 1. The van der Waals surface area contributed by atoms with E-state index in [1.54, 1.807) is 0 Å². The van der Waals surface area contributed by atoms with Crippen LogP contribution in [0.25, 0.3) is 0 Å². The normalized spacial score (nSPS) is 14.8. The molecular weight excluding hydrogens is 373 g/mol. The number of aryl methyl sites for hydroxylation is 2. The van der Waals surface area contributed by atoms with Crippen molar-refractivity contribution in [2.75, 3.05) is 6.54 Å². The molecule has 0 aliphatic heterocycles. The molecule has 27 heavy (non-hydrogen) atoms. The highest BCUT2D eigenvalue weighted by atomic mass is 19.4. The van der Waals surface area contributed by atoms with Crippen LogP contribution in [0.2, 0.25) is 0 Å². The molecule has 1 aliphatic carbocycles. The number of halogens is 5. The number of nitrogens with one attached hydrogen (secondary N) is 1. The van der Waals surface area contributed by atoms with Crippen LogP contribution in [0.4, 0.5) is 22.0 Å². The lowest BCUT2D eigenvalue weighted by atomic mass is 10.2. The fraction of sp³-hybridized carbons (Fsp3) is 0.562. The minimum atomic E-state index is -4.50. The highest BCUT2D eigenvalue weighted by Crippen LogP contribution is 2.42. The van der Waals surface area contributed by atoms with E-state index in [2.05, 4.69) is 15.5 Å². The molecule has 2 aromatic heterocycles. The second-order valence-corrected chi connectivity index (χ2v) is 6.45. The Morgan fingerprint density at radius 3 is 2.56 bits per heavy atom. The van der Waals surface area contributed by atoms with Crippen molar-refractivity contribution in [3.8, 4) is 0 Å². The molecule has 1 aliphatic rings. The summed E-state index contributed by atoms with van der Waals surface area (Å²) in [6, 6.07) is 2.33. The van der Waals surface area contributed by atoms with Gasteiger partial charge in [-0.1, -0.05) is 0 Å². The van der Waals surface area contributed by atoms with Crippen molar-refractivity contribution in [2.24, 2.45) is 0 Å².